The second-order valence-corrected chi connectivity index (χ2v) is 4.52. The molecule has 2 heterocycles. The fourth-order valence-electron chi connectivity index (χ4n) is 1.52. The van der Waals surface area contributed by atoms with Crippen molar-refractivity contribution in [3.8, 4) is 17.5 Å². The molecule has 0 aliphatic heterocycles. The zero-order valence-corrected chi connectivity index (χ0v) is 11.5. The lowest BCUT2D eigenvalue weighted by Gasteiger charge is -2.07. The van der Waals surface area contributed by atoms with Gasteiger partial charge in [-0.1, -0.05) is 6.92 Å². The largest absolute Gasteiger partial charge is 0.448 e. The Balaban J connectivity index is 2.36. The quantitative estimate of drug-likeness (QED) is 0.933. The minimum absolute atomic E-state index is 0.540. The molecule has 0 aliphatic carbocycles. The molecule has 2 rings (SSSR count). The molecule has 2 aromatic rings. The van der Waals surface area contributed by atoms with Gasteiger partial charge in [-0.15, -0.1) is 0 Å². The molecule has 0 amide bonds. The van der Waals surface area contributed by atoms with Gasteiger partial charge in [0.25, 0.3) is 0 Å². The van der Waals surface area contributed by atoms with E-state index in [1.165, 1.54) is 0 Å². The van der Waals surface area contributed by atoms with Crippen molar-refractivity contribution in [2.45, 2.75) is 13.3 Å². The molecule has 0 fully saturated rings. The van der Waals surface area contributed by atoms with Gasteiger partial charge in [-0.3, -0.25) is 0 Å². The fraction of sp³-hybridized carbons (Fsp3) is 0.231. The first-order valence-corrected chi connectivity index (χ1v) is 6.44. The molecule has 0 saturated heterocycles. The van der Waals surface area contributed by atoms with Crippen molar-refractivity contribution in [3.05, 3.63) is 34.5 Å². The van der Waals surface area contributed by atoms with E-state index in [0.717, 1.165) is 13.0 Å². The van der Waals surface area contributed by atoms with Crippen LogP contribution in [0.25, 0.3) is 11.5 Å². The lowest BCUT2D eigenvalue weighted by molar-refractivity contribution is 0.554. The van der Waals surface area contributed by atoms with Gasteiger partial charge in [0, 0.05) is 6.54 Å². The Morgan fingerprint density at radius 2 is 2.22 bits per heavy atom. The first-order chi connectivity index (χ1) is 8.74. The number of halogens is 1. The second kappa shape index (κ2) is 5.69. The van der Waals surface area contributed by atoms with Crippen LogP contribution in [0.5, 0.6) is 0 Å². The first kappa shape index (κ1) is 12.7. The average molecular weight is 306 g/mol. The summed E-state index contributed by atoms with van der Waals surface area (Å²) in [5.41, 5.74) is 1.25. The van der Waals surface area contributed by atoms with Crippen LogP contribution >= 0.6 is 15.9 Å². The molecule has 0 saturated carbocycles. The molecule has 0 aromatic carbocycles. The van der Waals surface area contributed by atoms with Gasteiger partial charge < -0.3 is 9.73 Å². The summed E-state index contributed by atoms with van der Waals surface area (Å²) in [5, 5.41) is 12.2. The van der Waals surface area contributed by atoms with Crippen molar-refractivity contribution in [2.75, 3.05) is 11.9 Å². The zero-order chi connectivity index (χ0) is 13.0. The molecule has 5 heteroatoms. The monoisotopic (exact) mass is 305 g/mol. The molecule has 0 spiro atoms. The zero-order valence-electron chi connectivity index (χ0n) is 9.90. The molecule has 0 atom stereocenters. The van der Waals surface area contributed by atoms with Gasteiger partial charge in [0.05, 0.1) is 5.56 Å². The van der Waals surface area contributed by atoms with Crippen molar-refractivity contribution >= 4 is 21.7 Å². The maximum atomic E-state index is 9.02. The molecule has 4 nitrogen and oxygen atoms in total. The van der Waals surface area contributed by atoms with Crippen LogP contribution in [0.15, 0.2) is 33.4 Å². The molecule has 0 radical (unpaired) electrons. The number of furan rings is 1. The van der Waals surface area contributed by atoms with Crippen molar-refractivity contribution in [3.63, 3.8) is 0 Å². The summed E-state index contributed by atoms with van der Waals surface area (Å²) in [6.07, 6.45) is 0.975. The third kappa shape index (κ3) is 2.71. The van der Waals surface area contributed by atoms with E-state index in [1.807, 2.05) is 12.1 Å². The number of nitriles is 1. The van der Waals surface area contributed by atoms with E-state index in [1.54, 1.807) is 12.1 Å². The number of pyridine rings is 1. The van der Waals surface area contributed by atoms with Gasteiger partial charge in [0.2, 0.25) is 0 Å². The van der Waals surface area contributed by atoms with Gasteiger partial charge in [-0.25, -0.2) is 4.98 Å². The van der Waals surface area contributed by atoms with Gasteiger partial charge in [0.15, 0.2) is 10.4 Å². The Labute approximate surface area is 114 Å². The Kier molecular flexibility index (Phi) is 4.00. The number of nitrogens with zero attached hydrogens (tertiary/aromatic N) is 2. The predicted molar refractivity (Wildman–Crippen MR) is 73.1 cm³/mol. The highest BCUT2D eigenvalue weighted by Gasteiger charge is 2.09. The third-order valence-electron chi connectivity index (χ3n) is 2.38. The molecule has 0 aliphatic rings. The number of anilines is 1. The summed E-state index contributed by atoms with van der Waals surface area (Å²) in [5.74, 6) is 1.27. The molecule has 1 N–H and O–H groups in total. The lowest BCUT2D eigenvalue weighted by atomic mass is 10.2. The molecule has 92 valence electrons. The Morgan fingerprint density at radius 3 is 2.83 bits per heavy atom. The fourth-order valence-corrected chi connectivity index (χ4v) is 1.82. The van der Waals surface area contributed by atoms with E-state index in [0.29, 0.717) is 27.5 Å². The maximum Gasteiger partial charge on any atom is 0.169 e. The van der Waals surface area contributed by atoms with Crippen LogP contribution in [0, 0.1) is 11.3 Å². The number of hydrogen-bond acceptors (Lipinski definition) is 4. The molecule has 18 heavy (non-hydrogen) atoms. The van der Waals surface area contributed by atoms with Crippen molar-refractivity contribution in [2.24, 2.45) is 0 Å². The predicted octanol–water partition coefficient (Wildman–Crippen LogP) is 3.80. The van der Waals surface area contributed by atoms with Crippen LogP contribution in [0.2, 0.25) is 0 Å². The Morgan fingerprint density at radius 1 is 1.39 bits per heavy atom. The van der Waals surface area contributed by atoms with Crippen molar-refractivity contribution < 1.29 is 4.42 Å². The average Bonchev–Trinajstić information content (AvgIpc) is 2.82. The smallest absolute Gasteiger partial charge is 0.169 e. The van der Waals surface area contributed by atoms with Crippen LogP contribution in [-0.2, 0) is 0 Å². The summed E-state index contributed by atoms with van der Waals surface area (Å²) in [7, 11) is 0. The highest BCUT2D eigenvalue weighted by Crippen LogP contribution is 2.25. The molecule has 0 unspecified atom stereocenters. The van der Waals surface area contributed by atoms with E-state index in [4.69, 9.17) is 9.68 Å². The van der Waals surface area contributed by atoms with Gasteiger partial charge in [0.1, 0.15) is 17.6 Å². The normalized spacial score (nSPS) is 10.1. The number of rotatable bonds is 4. The summed E-state index contributed by atoms with van der Waals surface area (Å²) in [6.45, 7) is 2.85. The maximum absolute atomic E-state index is 9.02. The second-order valence-electron chi connectivity index (χ2n) is 3.73. The lowest BCUT2D eigenvalue weighted by Crippen LogP contribution is -2.04. The minimum Gasteiger partial charge on any atom is -0.448 e. The van der Waals surface area contributed by atoms with Crippen molar-refractivity contribution in [1.82, 2.24) is 4.98 Å². The Hall–Kier alpha value is -1.80. The highest BCUT2D eigenvalue weighted by atomic mass is 79.9. The summed E-state index contributed by atoms with van der Waals surface area (Å²) >= 11 is 3.26. The SMILES string of the molecule is CCCNc1nc(-c2ccc(Br)o2)ccc1C#N. The van der Waals surface area contributed by atoms with Crippen LogP contribution < -0.4 is 5.32 Å². The molecular weight excluding hydrogens is 294 g/mol. The first-order valence-electron chi connectivity index (χ1n) is 5.65. The Bertz CT molecular complexity index is 586. The standard InChI is InChI=1S/C13H12BrN3O/c1-2-7-16-13-9(8-15)3-4-10(17-13)11-5-6-12(14)18-11/h3-6H,2,7H2,1H3,(H,16,17). The topological polar surface area (TPSA) is 61.9 Å². The number of aromatic nitrogens is 1. The van der Waals surface area contributed by atoms with E-state index in [9.17, 15) is 0 Å². The number of nitrogens with one attached hydrogen (secondary N) is 1. The van der Waals surface area contributed by atoms with Gasteiger partial charge in [-0.05, 0) is 46.6 Å². The highest BCUT2D eigenvalue weighted by molar-refractivity contribution is 9.10. The van der Waals surface area contributed by atoms with Crippen LogP contribution in [0.4, 0.5) is 5.82 Å². The number of hydrogen-bond donors (Lipinski definition) is 1. The van der Waals surface area contributed by atoms with Crippen LogP contribution in [-0.4, -0.2) is 11.5 Å². The van der Waals surface area contributed by atoms with E-state index in [2.05, 4.69) is 39.2 Å². The van der Waals surface area contributed by atoms with Gasteiger partial charge >= 0.3 is 0 Å². The van der Waals surface area contributed by atoms with Crippen LogP contribution in [0.1, 0.15) is 18.9 Å². The summed E-state index contributed by atoms with van der Waals surface area (Å²) in [6, 6.07) is 9.30. The molecular formula is C13H12BrN3O. The van der Waals surface area contributed by atoms with Gasteiger partial charge in [-0.2, -0.15) is 5.26 Å². The molecule has 0 bridgehead atoms. The minimum atomic E-state index is 0.540. The summed E-state index contributed by atoms with van der Waals surface area (Å²) < 4.78 is 6.11. The third-order valence-corrected chi connectivity index (χ3v) is 2.81. The molecule has 2 aromatic heterocycles. The van der Waals surface area contributed by atoms with Crippen LogP contribution in [0.3, 0.4) is 0 Å². The van der Waals surface area contributed by atoms with E-state index >= 15 is 0 Å². The summed E-state index contributed by atoms with van der Waals surface area (Å²) in [4.78, 5) is 4.42. The van der Waals surface area contributed by atoms with E-state index < -0.39 is 0 Å². The van der Waals surface area contributed by atoms with E-state index in [-0.39, 0.29) is 0 Å². The van der Waals surface area contributed by atoms with Crippen molar-refractivity contribution in [1.29, 1.82) is 5.26 Å².